The van der Waals surface area contributed by atoms with E-state index in [1.54, 1.807) is 6.07 Å². The van der Waals surface area contributed by atoms with Crippen molar-refractivity contribution in [2.45, 2.75) is 17.2 Å². The molecule has 1 N–H and O–H groups in total. The van der Waals surface area contributed by atoms with Crippen LogP contribution < -0.4 is 5.32 Å². The van der Waals surface area contributed by atoms with Crippen molar-refractivity contribution in [2.75, 3.05) is 11.1 Å². The molecule has 0 aromatic heterocycles. The Morgan fingerprint density at radius 1 is 1.53 bits per heavy atom. The Kier molecular flexibility index (Phi) is 3.03. The number of benzene rings is 1. The lowest BCUT2D eigenvalue weighted by atomic mass is 10.1. The highest BCUT2D eigenvalue weighted by Gasteiger charge is 2.32. The van der Waals surface area contributed by atoms with Crippen LogP contribution in [-0.2, 0) is 10.7 Å². The average Bonchev–Trinajstić information content (AvgIpc) is 2.28. The monoisotopic (exact) mass is 254 g/mol. The van der Waals surface area contributed by atoms with E-state index in [9.17, 15) is 13.6 Å². The highest BCUT2D eigenvalue weighted by molar-refractivity contribution is 8.00. The van der Waals surface area contributed by atoms with Crippen LogP contribution >= 0.6 is 11.8 Å². The van der Waals surface area contributed by atoms with Crippen molar-refractivity contribution in [3.63, 3.8) is 0 Å². The SMILES string of the molecule is N#CCC(F)(F)c1ccc2c(c1)NC(=O)CS2. The number of nitriles is 1. The molecule has 0 saturated heterocycles. The number of nitrogens with one attached hydrogen (secondary N) is 1. The summed E-state index contributed by atoms with van der Waals surface area (Å²) >= 11 is 1.31. The summed E-state index contributed by atoms with van der Waals surface area (Å²) in [6, 6.07) is 5.52. The Bertz CT molecular complexity index is 511. The molecule has 0 saturated carbocycles. The maximum absolute atomic E-state index is 13.5. The summed E-state index contributed by atoms with van der Waals surface area (Å²) in [6.45, 7) is 0. The molecule has 0 radical (unpaired) electrons. The molecule has 6 heteroatoms. The number of halogens is 2. The number of amides is 1. The van der Waals surface area contributed by atoms with Gasteiger partial charge < -0.3 is 5.32 Å². The second kappa shape index (κ2) is 4.34. The molecule has 0 fully saturated rings. The highest BCUT2D eigenvalue weighted by Crippen LogP contribution is 2.38. The predicted molar refractivity (Wildman–Crippen MR) is 59.9 cm³/mol. The van der Waals surface area contributed by atoms with Crippen LogP contribution in [0.4, 0.5) is 14.5 Å². The van der Waals surface area contributed by atoms with Gasteiger partial charge in [-0.05, 0) is 12.1 Å². The van der Waals surface area contributed by atoms with Gasteiger partial charge >= 0.3 is 0 Å². The number of fused-ring (bicyclic) bond motifs is 1. The van der Waals surface area contributed by atoms with Crippen LogP contribution in [0.25, 0.3) is 0 Å². The predicted octanol–water partition coefficient (Wildman–Crippen LogP) is 2.74. The van der Waals surface area contributed by atoms with Gasteiger partial charge in [-0.1, -0.05) is 6.07 Å². The van der Waals surface area contributed by atoms with Crippen LogP contribution in [0.15, 0.2) is 23.1 Å². The first kappa shape index (κ1) is 11.9. The molecular formula is C11H8F2N2OS. The Morgan fingerprint density at radius 3 is 3.00 bits per heavy atom. The van der Waals surface area contributed by atoms with E-state index < -0.39 is 12.3 Å². The standard InChI is InChI=1S/C11H8F2N2OS/c12-11(13,3-4-14)7-1-2-9-8(5-7)15-10(16)6-17-9/h1-2,5H,3,6H2,(H,15,16). The molecule has 1 aliphatic rings. The Morgan fingerprint density at radius 2 is 2.29 bits per heavy atom. The van der Waals surface area contributed by atoms with Crippen molar-refractivity contribution >= 4 is 23.4 Å². The van der Waals surface area contributed by atoms with Crippen molar-refractivity contribution < 1.29 is 13.6 Å². The smallest absolute Gasteiger partial charge is 0.286 e. The zero-order valence-corrected chi connectivity index (χ0v) is 9.48. The lowest BCUT2D eigenvalue weighted by molar-refractivity contribution is -0.113. The first-order chi connectivity index (χ1) is 8.03. The number of thioether (sulfide) groups is 1. The number of carbonyl (C=O) groups is 1. The minimum Gasteiger partial charge on any atom is -0.324 e. The maximum Gasteiger partial charge on any atom is 0.286 e. The summed E-state index contributed by atoms with van der Waals surface area (Å²) in [5.41, 5.74) is 0.141. The third-order valence-corrected chi connectivity index (χ3v) is 3.41. The fourth-order valence-electron chi connectivity index (χ4n) is 1.51. The van der Waals surface area contributed by atoms with Crippen molar-refractivity contribution in [3.05, 3.63) is 23.8 Å². The van der Waals surface area contributed by atoms with Crippen molar-refractivity contribution in [3.8, 4) is 6.07 Å². The van der Waals surface area contributed by atoms with Gasteiger partial charge in [-0.2, -0.15) is 5.26 Å². The molecule has 0 aliphatic carbocycles. The fourth-order valence-corrected chi connectivity index (χ4v) is 2.30. The molecule has 0 unspecified atom stereocenters. The van der Waals surface area contributed by atoms with Gasteiger partial charge in [-0.25, -0.2) is 8.78 Å². The fraction of sp³-hybridized carbons (Fsp3) is 0.273. The first-order valence-corrected chi connectivity index (χ1v) is 5.83. The molecule has 0 bridgehead atoms. The van der Waals surface area contributed by atoms with Gasteiger partial charge in [0.25, 0.3) is 5.92 Å². The maximum atomic E-state index is 13.5. The summed E-state index contributed by atoms with van der Waals surface area (Å²) in [6.07, 6.45) is -0.868. The zero-order chi connectivity index (χ0) is 12.5. The molecule has 1 aromatic carbocycles. The lowest BCUT2D eigenvalue weighted by Gasteiger charge is -2.19. The van der Waals surface area contributed by atoms with Gasteiger partial charge in [0.15, 0.2) is 0 Å². The van der Waals surface area contributed by atoms with Gasteiger partial charge in [-0.15, -0.1) is 11.8 Å². The number of rotatable bonds is 2. The van der Waals surface area contributed by atoms with E-state index >= 15 is 0 Å². The normalized spacial score (nSPS) is 14.8. The lowest BCUT2D eigenvalue weighted by Crippen LogP contribution is -2.20. The van der Waals surface area contributed by atoms with E-state index in [0.29, 0.717) is 11.4 Å². The first-order valence-electron chi connectivity index (χ1n) is 4.85. The summed E-state index contributed by atoms with van der Waals surface area (Å²) in [5, 5.41) is 10.9. The summed E-state index contributed by atoms with van der Waals surface area (Å²) in [4.78, 5) is 11.9. The second-order valence-electron chi connectivity index (χ2n) is 3.59. The molecule has 2 rings (SSSR count). The van der Waals surface area contributed by atoms with Crippen molar-refractivity contribution in [1.82, 2.24) is 0 Å². The Hall–Kier alpha value is -1.61. The largest absolute Gasteiger partial charge is 0.324 e. The van der Waals surface area contributed by atoms with E-state index in [-0.39, 0.29) is 11.5 Å². The van der Waals surface area contributed by atoms with Gasteiger partial charge in [0.2, 0.25) is 5.91 Å². The van der Waals surface area contributed by atoms with Crippen LogP contribution in [0.5, 0.6) is 0 Å². The zero-order valence-electron chi connectivity index (χ0n) is 8.67. The van der Waals surface area contributed by atoms with E-state index in [4.69, 9.17) is 5.26 Å². The number of anilines is 1. The molecule has 0 spiro atoms. The van der Waals surface area contributed by atoms with E-state index in [0.717, 1.165) is 4.90 Å². The number of alkyl halides is 2. The number of hydrogen-bond acceptors (Lipinski definition) is 3. The van der Waals surface area contributed by atoms with Crippen LogP contribution in [-0.4, -0.2) is 11.7 Å². The van der Waals surface area contributed by atoms with Gasteiger partial charge in [0, 0.05) is 10.5 Å². The van der Waals surface area contributed by atoms with Gasteiger partial charge in [-0.3, -0.25) is 4.79 Å². The summed E-state index contributed by atoms with van der Waals surface area (Å²) in [7, 11) is 0. The Labute approximate surface area is 101 Å². The molecule has 17 heavy (non-hydrogen) atoms. The van der Waals surface area contributed by atoms with Crippen LogP contribution in [0, 0.1) is 11.3 Å². The van der Waals surface area contributed by atoms with E-state index in [1.807, 2.05) is 0 Å². The van der Waals surface area contributed by atoms with Crippen molar-refractivity contribution in [2.24, 2.45) is 0 Å². The van der Waals surface area contributed by atoms with Crippen LogP contribution in [0.1, 0.15) is 12.0 Å². The third kappa shape index (κ3) is 2.39. The van der Waals surface area contributed by atoms with Crippen LogP contribution in [0.2, 0.25) is 0 Å². The molecule has 1 aliphatic heterocycles. The molecule has 0 atom stereocenters. The minimum atomic E-state index is -3.18. The molecule has 3 nitrogen and oxygen atoms in total. The molecular weight excluding hydrogens is 246 g/mol. The summed E-state index contributed by atoms with van der Waals surface area (Å²) in [5.74, 6) is -3.10. The molecule has 88 valence electrons. The summed E-state index contributed by atoms with van der Waals surface area (Å²) < 4.78 is 27.0. The number of nitrogens with zero attached hydrogens (tertiary/aromatic N) is 1. The number of carbonyl (C=O) groups excluding carboxylic acids is 1. The Balaban J connectivity index is 2.36. The highest BCUT2D eigenvalue weighted by atomic mass is 32.2. The second-order valence-corrected chi connectivity index (χ2v) is 4.60. The minimum absolute atomic E-state index is 0.205. The third-order valence-electron chi connectivity index (χ3n) is 2.34. The van der Waals surface area contributed by atoms with E-state index in [1.165, 1.54) is 30.0 Å². The quantitative estimate of drug-likeness (QED) is 0.882. The molecule has 1 aromatic rings. The van der Waals surface area contributed by atoms with Crippen molar-refractivity contribution in [1.29, 1.82) is 5.26 Å². The topological polar surface area (TPSA) is 52.9 Å². The van der Waals surface area contributed by atoms with Crippen LogP contribution in [0.3, 0.4) is 0 Å². The molecule has 1 amide bonds. The number of hydrogen-bond donors (Lipinski definition) is 1. The average molecular weight is 254 g/mol. The van der Waals surface area contributed by atoms with Gasteiger partial charge in [0.05, 0.1) is 17.5 Å². The van der Waals surface area contributed by atoms with E-state index in [2.05, 4.69) is 5.32 Å². The molecule has 1 heterocycles. The van der Waals surface area contributed by atoms with Gasteiger partial charge in [0.1, 0.15) is 6.42 Å².